The summed E-state index contributed by atoms with van der Waals surface area (Å²) < 4.78 is 31.7. The minimum absolute atomic E-state index is 0.0806. The summed E-state index contributed by atoms with van der Waals surface area (Å²) in [4.78, 5) is 33.5. The second-order valence-corrected chi connectivity index (χ2v) is 8.24. The first-order valence-corrected chi connectivity index (χ1v) is 10.8. The fourth-order valence-electron chi connectivity index (χ4n) is 3.75. The van der Waals surface area contributed by atoms with Crippen LogP contribution in [-0.2, 0) is 11.3 Å². The van der Waals surface area contributed by atoms with Crippen molar-refractivity contribution in [3.8, 4) is 0 Å². The fourth-order valence-corrected chi connectivity index (χ4v) is 3.75. The van der Waals surface area contributed by atoms with E-state index >= 15 is 0 Å². The van der Waals surface area contributed by atoms with E-state index in [1.54, 1.807) is 12.1 Å². The van der Waals surface area contributed by atoms with Crippen LogP contribution in [0, 0.1) is 0 Å². The summed E-state index contributed by atoms with van der Waals surface area (Å²) in [6, 6.07) is 16.1. The molecule has 0 radical (unpaired) electrons. The molecule has 0 bridgehead atoms. The molecule has 0 spiro atoms. The minimum atomic E-state index is -5.08. The second-order valence-electron chi connectivity index (χ2n) is 8.24. The number of aromatic amines is 1. The fraction of sp³-hybridized carbons (Fsp3) is 0.348. The lowest BCUT2D eigenvalue weighted by Crippen LogP contribution is -2.55. The van der Waals surface area contributed by atoms with Crippen molar-refractivity contribution >= 4 is 28.9 Å². The summed E-state index contributed by atoms with van der Waals surface area (Å²) in [5.74, 6) is -2.48. The van der Waals surface area contributed by atoms with Gasteiger partial charge in [0.1, 0.15) is 0 Å². The molecule has 5 N–H and O–H groups in total. The molecule has 1 saturated heterocycles. The van der Waals surface area contributed by atoms with Crippen molar-refractivity contribution in [3.05, 3.63) is 59.7 Å². The van der Waals surface area contributed by atoms with Crippen LogP contribution in [0.3, 0.4) is 0 Å². The van der Waals surface area contributed by atoms with Crippen LogP contribution in [0.2, 0.25) is 0 Å². The van der Waals surface area contributed by atoms with E-state index in [1.165, 1.54) is 5.56 Å². The average molecular weight is 493 g/mol. The quantitative estimate of drug-likeness (QED) is 0.431. The second kappa shape index (κ2) is 11.2. The number of nitrogen functional groups attached to an aromatic ring is 1. The Labute approximate surface area is 199 Å². The highest BCUT2D eigenvalue weighted by Crippen LogP contribution is 2.16. The normalized spacial score (nSPS) is 17.0. The maximum absolute atomic E-state index is 12.7. The maximum atomic E-state index is 12.7. The molecule has 188 valence electrons. The largest absolute Gasteiger partial charge is 0.490 e. The van der Waals surface area contributed by atoms with Crippen molar-refractivity contribution in [2.45, 2.75) is 18.8 Å². The molecule has 1 amide bonds. The molecular weight excluding hydrogens is 465 g/mol. The number of imidazole rings is 1. The predicted molar refractivity (Wildman–Crippen MR) is 125 cm³/mol. The molecule has 2 heterocycles. The van der Waals surface area contributed by atoms with Crippen molar-refractivity contribution < 1.29 is 27.9 Å². The van der Waals surface area contributed by atoms with Gasteiger partial charge < -0.3 is 26.0 Å². The van der Waals surface area contributed by atoms with Gasteiger partial charge in [-0.1, -0.05) is 30.3 Å². The number of carboxylic acid groups (broad SMARTS) is 1. The average Bonchev–Trinajstić information content (AvgIpc) is 3.18. The number of hydrogen-bond acceptors (Lipinski definition) is 6. The number of benzene rings is 2. The summed E-state index contributed by atoms with van der Waals surface area (Å²) in [6.45, 7) is 4.47. The highest BCUT2D eigenvalue weighted by Gasteiger charge is 2.38. The summed E-state index contributed by atoms with van der Waals surface area (Å²) in [5.41, 5.74) is 9.12. The molecule has 0 aliphatic carbocycles. The van der Waals surface area contributed by atoms with Gasteiger partial charge in [0.25, 0.3) is 5.91 Å². The third-order valence-electron chi connectivity index (χ3n) is 5.54. The Bertz CT molecular complexity index is 1150. The lowest BCUT2D eigenvalue weighted by Gasteiger charge is -2.40. The Morgan fingerprint density at radius 2 is 1.89 bits per heavy atom. The molecule has 4 rings (SSSR count). The van der Waals surface area contributed by atoms with Crippen LogP contribution in [0.15, 0.2) is 48.5 Å². The van der Waals surface area contributed by atoms with Gasteiger partial charge >= 0.3 is 12.1 Å². The van der Waals surface area contributed by atoms with E-state index in [1.807, 2.05) is 12.1 Å². The third-order valence-corrected chi connectivity index (χ3v) is 5.54. The van der Waals surface area contributed by atoms with Crippen LogP contribution in [0.1, 0.15) is 15.9 Å². The van der Waals surface area contributed by atoms with Crippen LogP contribution < -0.4 is 11.1 Å². The first-order valence-electron chi connectivity index (χ1n) is 10.8. The molecule has 1 aliphatic heterocycles. The lowest BCUT2D eigenvalue weighted by molar-refractivity contribution is -0.192. The van der Waals surface area contributed by atoms with E-state index in [9.17, 15) is 18.0 Å². The number of anilines is 1. The van der Waals surface area contributed by atoms with Gasteiger partial charge in [-0.05, 0) is 30.8 Å². The number of rotatable bonds is 5. The summed E-state index contributed by atoms with van der Waals surface area (Å²) in [7, 11) is 2.13. The van der Waals surface area contributed by atoms with Crippen LogP contribution >= 0.6 is 0 Å². The standard InChI is InChI=1S/C21H26N6O.C2HF3O2/c1-26-9-10-27(13-15-5-3-2-4-6-15)17(14-26)12-23-20(28)16-7-8-18-19(11-16)25-21(22)24-18;3-2(4,5)1(6)7/h2-8,11,17H,9-10,12-14H2,1H3,(H,23,28)(H3,22,24,25);(H,6,7). The zero-order valence-electron chi connectivity index (χ0n) is 19.0. The number of hydrogen-bond donors (Lipinski definition) is 4. The number of nitrogens with two attached hydrogens (primary N) is 1. The zero-order valence-corrected chi connectivity index (χ0v) is 19.0. The monoisotopic (exact) mass is 492 g/mol. The number of piperazine rings is 1. The lowest BCUT2D eigenvalue weighted by atomic mass is 10.1. The molecule has 0 saturated carbocycles. The Morgan fingerprint density at radius 3 is 2.54 bits per heavy atom. The van der Waals surface area contributed by atoms with Crippen LogP contribution in [0.5, 0.6) is 0 Å². The molecule has 12 heteroatoms. The number of amides is 1. The van der Waals surface area contributed by atoms with Crippen LogP contribution in [0.25, 0.3) is 11.0 Å². The van der Waals surface area contributed by atoms with Gasteiger partial charge in [-0.3, -0.25) is 9.69 Å². The summed E-state index contributed by atoms with van der Waals surface area (Å²) in [5, 5.41) is 10.2. The Hall–Kier alpha value is -3.64. The van der Waals surface area contributed by atoms with E-state index in [4.69, 9.17) is 15.6 Å². The van der Waals surface area contributed by atoms with Crippen LogP contribution in [-0.4, -0.2) is 82.2 Å². The molecule has 2 aromatic carbocycles. The van der Waals surface area contributed by atoms with Crippen molar-refractivity contribution in [1.82, 2.24) is 25.1 Å². The minimum Gasteiger partial charge on any atom is -0.475 e. The van der Waals surface area contributed by atoms with Gasteiger partial charge in [-0.15, -0.1) is 0 Å². The van der Waals surface area contributed by atoms with E-state index < -0.39 is 12.1 Å². The number of likely N-dealkylation sites (N-methyl/N-ethyl adjacent to an activating group) is 1. The first-order chi connectivity index (χ1) is 16.5. The highest BCUT2D eigenvalue weighted by atomic mass is 19.4. The SMILES string of the molecule is CN1CCN(Cc2ccccc2)C(CNC(=O)c2ccc3nc(N)[nH]c3c2)C1.O=C(O)C(F)(F)F. The number of aromatic nitrogens is 2. The number of aliphatic carboxylic acids is 1. The topological polar surface area (TPSA) is 128 Å². The first kappa shape index (κ1) is 26.0. The molecule has 35 heavy (non-hydrogen) atoms. The number of carbonyl (C=O) groups is 2. The molecule has 1 unspecified atom stereocenters. The van der Waals surface area contributed by atoms with Gasteiger partial charge in [-0.25, -0.2) is 9.78 Å². The van der Waals surface area contributed by atoms with Gasteiger partial charge in [0.2, 0.25) is 0 Å². The van der Waals surface area contributed by atoms with E-state index in [0.717, 1.165) is 37.2 Å². The van der Waals surface area contributed by atoms with Crippen molar-refractivity contribution in [2.75, 3.05) is 39.0 Å². The van der Waals surface area contributed by atoms with E-state index in [2.05, 4.69) is 56.4 Å². The number of H-pyrrole nitrogens is 1. The van der Waals surface area contributed by atoms with Crippen molar-refractivity contribution in [1.29, 1.82) is 0 Å². The van der Waals surface area contributed by atoms with Gasteiger partial charge in [0.05, 0.1) is 11.0 Å². The van der Waals surface area contributed by atoms with E-state index in [0.29, 0.717) is 18.1 Å². The predicted octanol–water partition coefficient (Wildman–Crippen LogP) is 2.32. The Morgan fingerprint density at radius 1 is 1.20 bits per heavy atom. The summed E-state index contributed by atoms with van der Waals surface area (Å²) >= 11 is 0. The molecule has 1 aromatic heterocycles. The van der Waals surface area contributed by atoms with E-state index in [-0.39, 0.29) is 11.9 Å². The molecular formula is C23H27F3N6O3. The molecule has 1 aliphatic rings. The van der Waals surface area contributed by atoms with Crippen molar-refractivity contribution in [2.24, 2.45) is 0 Å². The number of nitrogens with zero attached hydrogens (tertiary/aromatic N) is 3. The maximum Gasteiger partial charge on any atom is 0.490 e. The smallest absolute Gasteiger partial charge is 0.475 e. The number of fused-ring (bicyclic) bond motifs is 1. The number of nitrogens with one attached hydrogen (secondary N) is 2. The van der Waals surface area contributed by atoms with Gasteiger partial charge in [-0.2, -0.15) is 13.2 Å². The third kappa shape index (κ3) is 7.42. The Kier molecular flexibility index (Phi) is 8.30. The summed E-state index contributed by atoms with van der Waals surface area (Å²) in [6.07, 6.45) is -5.08. The van der Waals surface area contributed by atoms with Gasteiger partial charge in [0, 0.05) is 44.3 Å². The number of halogens is 3. The molecule has 9 nitrogen and oxygen atoms in total. The van der Waals surface area contributed by atoms with Crippen LogP contribution in [0.4, 0.5) is 19.1 Å². The zero-order chi connectivity index (χ0) is 25.6. The molecule has 1 fully saturated rings. The highest BCUT2D eigenvalue weighted by molar-refractivity contribution is 5.97. The number of carboxylic acids is 1. The van der Waals surface area contributed by atoms with Gasteiger partial charge in [0.15, 0.2) is 5.95 Å². The van der Waals surface area contributed by atoms with Crippen molar-refractivity contribution in [3.63, 3.8) is 0 Å². The number of alkyl halides is 3. The Balaban J connectivity index is 0.000000429. The number of carbonyl (C=O) groups excluding carboxylic acids is 1. The molecule has 1 atom stereocenters. The molecule has 3 aromatic rings.